The van der Waals surface area contributed by atoms with Crippen molar-refractivity contribution in [1.82, 2.24) is 20.5 Å². The molecule has 0 aromatic carbocycles. The summed E-state index contributed by atoms with van der Waals surface area (Å²) in [6, 6.07) is 1.01. The molecule has 0 amide bonds. The van der Waals surface area contributed by atoms with Crippen molar-refractivity contribution in [3.8, 4) is 0 Å². The van der Waals surface area contributed by atoms with Gasteiger partial charge in [-0.05, 0) is 19.3 Å². The van der Waals surface area contributed by atoms with Crippen molar-refractivity contribution in [2.45, 2.75) is 37.8 Å². The summed E-state index contributed by atoms with van der Waals surface area (Å²) < 4.78 is 0. The van der Waals surface area contributed by atoms with Gasteiger partial charge >= 0.3 is 0 Å². The fourth-order valence-electron chi connectivity index (χ4n) is 1.95. The van der Waals surface area contributed by atoms with E-state index < -0.39 is 0 Å². The number of rotatable bonds is 4. The van der Waals surface area contributed by atoms with Crippen LogP contribution in [0.5, 0.6) is 0 Å². The molecule has 1 aromatic heterocycles. The Bertz CT molecular complexity index is 258. The number of hydrogen-bond acceptors (Lipinski definition) is 4. The lowest BCUT2D eigenvalue weighted by Gasteiger charge is -2.10. The summed E-state index contributed by atoms with van der Waals surface area (Å²) in [7, 11) is 0. The molecule has 0 saturated heterocycles. The van der Waals surface area contributed by atoms with Gasteiger partial charge in [0, 0.05) is 25.0 Å². The normalized spacial score (nSPS) is 26.9. The number of aromatic nitrogens is 3. The van der Waals surface area contributed by atoms with Crippen LogP contribution in [0.3, 0.4) is 0 Å². The van der Waals surface area contributed by atoms with Crippen LogP contribution in [0.15, 0.2) is 6.33 Å². The molecule has 2 atom stereocenters. The van der Waals surface area contributed by atoms with Gasteiger partial charge in [0.05, 0.1) is 0 Å². The molecule has 0 radical (unpaired) electrons. The standard InChI is InChI=1S/C9H17N5/c10-7-1-2-8(5-7)11-4-3-9-12-6-13-14-9/h6-8,11H,1-5,10H2,(H,12,13,14). The lowest BCUT2D eigenvalue weighted by atomic mass is 10.2. The minimum atomic E-state index is 0.401. The zero-order valence-corrected chi connectivity index (χ0v) is 8.24. The molecule has 1 aromatic rings. The molecule has 2 unspecified atom stereocenters. The Balaban J connectivity index is 1.64. The van der Waals surface area contributed by atoms with Crippen LogP contribution in [0.4, 0.5) is 0 Å². The number of hydrogen-bond donors (Lipinski definition) is 3. The fraction of sp³-hybridized carbons (Fsp3) is 0.778. The van der Waals surface area contributed by atoms with Gasteiger partial charge in [0.1, 0.15) is 12.2 Å². The largest absolute Gasteiger partial charge is 0.328 e. The number of H-pyrrole nitrogens is 1. The van der Waals surface area contributed by atoms with Crippen molar-refractivity contribution in [2.75, 3.05) is 6.54 Å². The molecule has 0 aliphatic heterocycles. The van der Waals surface area contributed by atoms with Gasteiger partial charge in [-0.1, -0.05) is 0 Å². The SMILES string of the molecule is NC1CCC(NCCc2ncn[nH]2)C1. The molecule has 2 rings (SSSR count). The third-order valence-corrected chi connectivity index (χ3v) is 2.73. The lowest BCUT2D eigenvalue weighted by Crippen LogP contribution is -2.30. The second kappa shape index (κ2) is 4.52. The highest BCUT2D eigenvalue weighted by Crippen LogP contribution is 2.16. The minimum absolute atomic E-state index is 0.401. The molecule has 5 nitrogen and oxygen atoms in total. The predicted molar refractivity (Wildman–Crippen MR) is 53.7 cm³/mol. The van der Waals surface area contributed by atoms with Crippen molar-refractivity contribution in [1.29, 1.82) is 0 Å². The third-order valence-electron chi connectivity index (χ3n) is 2.73. The Labute approximate surface area is 83.5 Å². The molecule has 14 heavy (non-hydrogen) atoms. The highest BCUT2D eigenvalue weighted by atomic mass is 15.2. The minimum Gasteiger partial charge on any atom is -0.328 e. The van der Waals surface area contributed by atoms with Crippen LogP contribution in [-0.2, 0) is 6.42 Å². The Hall–Kier alpha value is -0.940. The first-order valence-corrected chi connectivity index (χ1v) is 5.18. The van der Waals surface area contributed by atoms with E-state index in [1.54, 1.807) is 6.33 Å². The fourth-order valence-corrected chi connectivity index (χ4v) is 1.95. The summed E-state index contributed by atoms with van der Waals surface area (Å²) in [6.07, 6.45) is 5.92. The molecule has 78 valence electrons. The van der Waals surface area contributed by atoms with Crippen LogP contribution in [0.1, 0.15) is 25.1 Å². The topological polar surface area (TPSA) is 79.6 Å². The van der Waals surface area contributed by atoms with Crippen molar-refractivity contribution < 1.29 is 0 Å². The molecule has 5 heteroatoms. The van der Waals surface area contributed by atoms with Crippen LogP contribution in [0, 0.1) is 0 Å². The molecule has 0 spiro atoms. The monoisotopic (exact) mass is 195 g/mol. The van der Waals surface area contributed by atoms with E-state index >= 15 is 0 Å². The Kier molecular flexibility index (Phi) is 3.10. The maximum atomic E-state index is 5.82. The summed E-state index contributed by atoms with van der Waals surface area (Å²) in [5.74, 6) is 0.944. The maximum Gasteiger partial charge on any atom is 0.137 e. The number of nitrogens with zero attached hydrogens (tertiary/aromatic N) is 2. The molecular weight excluding hydrogens is 178 g/mol. The zero-order valence-electron chi connectivity index (χ0n) is 8.24. The first-order valence-electron chi connectivity index (χ1n) is 5.18. The van der Waals surface area contributed by atoms with Crippen LogP contribution >= 0.6 is 0 Å². The average molecular weight is 195 g/mol. The summed E-state index contributed by atoms with van der Waals surface area (Å²) in [4.78, 5) is 4.06. The van der Waals surface area contributed by atoms with Crippen LogP contribution in [-0.4, -0.2) is 33.8 Å². The van der Waals surface area contributed by atoms with Gasteiger partial charge in [-0.3, -0.25) is 5.10 Å². The van der Waals surface area contributed by atoms with Crippen LogP contribution in [0.2, 0.25) is 0 Å². The molecule has 1 aliphatic rings. The first kappa shape index (κ1) is 9.61. The lowest BCUT2D eigenvalue weighted by molar-refractivity contribution is 0.517. The summed E-state index contributed by atoms with van der Waals surface area (Å²) in [5, 5.41) is 10.1. The van der Waals surface area contributed by atoms with Crippen molar-refractivity contribution in [3.63, 3.8) is 0 Å². The van der Waals surface area contributed by atoms with Gasteiger partial charge in [0.2, 0.25) is 0 Å². The van der Waals surface area contributed by atoms with Gasteiger partial charge in [0.25, 0.3) is 0 Å². The maximum absolute atomic E-state index is 5.82. The van der Waals surface area contributed by atoms with E-state index in [0.29, 0.717) is 12.1 Å². The number of nitrogens with one attached hydrogen (secondary N) is 2. The molecule has 4 N–H and O–H groups in total. The van der Waals surface area contributed by atoms with Crippen molar-refractivity contribution in [2.24, 2.45) is 5.73 Å². The van der Waals surface area contributed by atoms with Gasteiger partial charge < -0.3 is 11.1 Å². The van der Waals surface area contributed by atoms with Gasteiger partial charge in [0.15, 0.2) is 0 Å². The highest BCUT2D eigenvalue weighted by molar-refractivity contribution is 4.85. The quantitative estimate of drug-likeness (QED) is 0.622. The Morgan fingerprint density at radius 3 is 3.14 bits per heavy atom. The van der Waals surface area contributed by atoms with E-state index in [2.05, 4.69) is 20.5 Å². The zero-order chi connectivity index (χ0) is 9.80. The molecule has 1 fully saturated rings. The smallest absolute Gasteiger partial charge is 0.137 e. The van der Waals surface area contributed by atoms with Crippen molar-refractivity contribution >= 4 is 0 Å². The Morgan fingerprint density at radius 2 is 2.50 bits per heavy atom. The predicted octanol–water partition coefficient (Wildman–Crippen LogP) is -0.183. The molecule has 1 aliphatic carbocycles. The van der Waals surface area contributed by atoms with Gasteiger partial charge in [-0.2, -0.15) is 5.10 Å². The highest BCUT2D eigenvalue weighted by Gasteiger charge is 2.20. The summed E-state index contributed by atoms with van der Waals surface area (Å²) >= 11 is 0. The van der Waals surface area contributed by atoms with E-state index in [9.17, 15) is 0 Å². The van der Waals surface area contributed by atoms with E-state index in [0.717, 1.165) is 31.6 Å². The summed E-state index contributed by atoms with van der Waals surface area (Å²) in [6.45, 7) is 0.951. The van der Waals surface area contributed by atoms with Crippen LogP contribution in [0.25, 0.3) is 0 Å². The number of nitrogens with two attached hydrogens (primary N) is 1. The molecule has 1 saturated carbocycles. The van der Waals surface area contributed by atoms with E-state index in [-0.39, 0.29) is 0 Å². The van der Waals surface area contributed by atoms with Crippen molar-refractivity contribution in [3.05, 3.63) is 12.2 Å². The van der Waals surface area contributed by atoms with Crippen LogP contribution < -0.4 is 11.1 Å². The molecule has 0 bridgehead atoms. The third kappa shape index (κ3) is 2.52. The average Bonchev–Trinajstić information content (AvgIpc) is 2.77. The van der Waals surface area contributed by atoms with Gasteiger partial charge in [-0.25, -0.2) is 4.98 Å². The molecular formula is C9H17N5. The Morgan fingerprint density at radius 1 is 1.57 bits per heavy atom. The van der Waals surface area contributed by atoms with E-state index in [4.69, 9.17) is 5.73 Å². The number of aromatic amines is 1. The van der Waals surface area contributed by atoms with Gasteiger partial charge in [-0.15, -0.1) is 0 Å². The second-order valence-electron chi connectivity index (χ2n) is 3.91. The molecule has 1 heterocycles. The summed E-state index contributed by atoms with van der Waals surface area (Å²) in [5.41, 5.74) is 5.82. The first-order chi connectivity index (χ1) is 6.84. The van der Waals surface area contributed by atoms with E-state index in [1.165, 1.54) is 6.42 Å². The second-order valence-corrected chi connectivity index (χ2v) is 3.91. The van der Waals surface area contributed by atoms with E-state index in [1.807, 2.05) is 0 Å².